The number of imide groups is 1. The van der Waals surface area contributed by atoms with E-state index in [9.17, 15) is 18.0 Å². The molecule has 0 radical (unpaired) electrons. The highest BCUT2D eigenvalue weighted by atomic mass is 32.2. The van der Waals surface area contributed by atoms with Crippen molar-refractivity contribution in [1.29, 1.82) is 0 Å². The zero-order chi connectivity index (χ0) is 14.2. The largest absolute Gasteiger partial charge is 0.283 e. The Morgan fingerprint density at radius 3 is 2.47 bits per heavy atom. The summed E-state index contributed by atoms with van der Waals surface area (Å²) in [5.74, 6) is -0.826. The number of carbonyl (C=O) groups is 2. The molecular formula is C12H14N2O4S. The van der Waals surface area contributed by atoms with Gasteiger partial charge in [0.1, 0.15) is 0 Å². The number of benzene rings is 1. The summed E-state index contributed by atoms with van der Waals surface area (Å²) in [7, 11) is -3.50. The summed E-state index contributed by atoms with van der Waals surface area (Å²) in [6, 6.07) is 4.55. The summed E-state index contributed by atoms with van der Waals surface area (Å²) >= 11 is 0. The molecule has 1 aromatic rings. The van der Waals surface area contributed by atoms with Crippen molar-refractivity contribution in [2.45, 2.75) is 13.3 Å². The van der Waals surface area contributed by atoms with Gasteiger partial charge in [0.25, 0.3) is 11.8 Å². The first-order valence-electron chi connectivity index (χ1n) is 5.82. The number of hydrogen-bond acceptors (Lipinski definition) is 4. The van der Waals surface area contributed by atoms with Gasteiger partial charge in [0, 0.05) is 6.54 Å². The predicted octanol–water partition coefficient (Wildman–Crippen LogP) is 1.06. The highest BCUT2D eigenvalue weighted by Gasteiger charge is 2.37. The lowest BCUT2D eigenvalue weighted by Gasteiger charge is -2.12. The summed E-state index contributed by atoms with van der Waals surface area (Å²) < 4.78 is 24.8. The summed E-state index contributed by atoms with van der Waals surface area (Å²) in [6.45, 7) is 2.18. The molecule has 0 bridgehead atoms. The fourth-order valence-electron chi connectivity index (χ4n) is 2.05. The zero-order valence-corrected chi connectivity index (χ0v) is 11.5. The predicted molar refractivity (Wildman–Crippen MR) is 70.6 cm³/mol. The lowest BCUT2D eigenvalue weighted by atomic mass is 10.1. The molecule has 19 heavy (non-hydrogen) atoms. The van der Waals surface area contributed by atoms with E-state index in [0.29, 0.717) is 13.0 Å². The highest BCUT2D eigenvalue weighted by Crippen LogP contribution is 2.29. The Morgan fingerprint density at radius 1 is 1.21 bits per heavy atom. The molecule has 0 unspecified atom stereocenters. The van der Waals surface area contributed by atoms with Crippen LogP contribution in [0.3, 0.4) is 0 Å². The zero-order valence-electron chi connectivity index (χ0n) is 10.6. The molecular weight excluding hydrogens is 268 g/mol. The molecule has 0 saturated heterocycles. The standard InChI is InChI=1S/C12H14N2O4S/c1-3-7-14-11(15)8-5-4-6-9(10(8)12(14)16)13-19(2,17)18/h4-6,13H,3,7H2,1-2H3. The van der Waals surface area contributed by atoms with Crippen LogP contribution in [0.15, 0.2) is 18.2 Å². The van der Waals surface area contributed by atoms with Gasteiger partial charge >= 0.3 is 0 Å². The first-order valence-corrected chi connectivity index (χ1v) is 7.71. The number of fused-ring (bicyclic) bond motifs is 1. The Hall–Kier alpha value is -1.89. The monoisotopic (exact) mass is 282 g/mol. The van der Waals surface area contributed by atoms with Crippen molar-refractivity contribution in [3.8, 4) is 0 Å². The van der Waals surface area contributed by atoms with E-state index in [1.54, 1.807) is 6.07 Å². The lowest BCUT2D eigenvalue weighted by Crippen LogP contribution is -2.30. The maximum absolute atomic E-state index is 12.2. The molecule has 2 rings (SSSR count). The minimum absolute atomic E-state index is 0.131. The van der Waals surface area contributed by atoms with E-state index in [2.05, 4.69) is 4.72 Å². The van der Waals surface area contributed by atoms with Crippen molar-refractivity contribution in [2.75, 3.05) is 17.5 Å². The smallest absolute Gasteiger partial charge is 0.263 e. The van der Waals surface area contributed by atoms with E-state index < -0.39 is 15.9 Å². The van der Waals surface area contributed by atoms with Gasteiger partial charge in [-0.05, 0) is 18.6 Å². The molecule has 1 aliphatic heterocycles. The van der Waals surface area contributed by atoms with Crippen molar-refractivity contribution >= 4 is 27.5 Å². The van der Waals surface area contributed by atoms with Crippen LogP contribution >= 0.6 is 0 Å². The van der Waals surface area contributed by atoms with Crippen LogP contribution in [-0.2, 0) is 10.0 Å². The quantitative estimate of drug-likeness (QED) is 0.837. The summed E-state index contributed by atoms with van der Waals surface area (Å²) in [5.41, 5.74) is 0.524. The average molecular weight is 282 g/mol. The van der Waals surface area contributed by atoms with Crippen LogP contribution in [0.2, 0.25) is 0 Å². The second-order valence-electron chi connectivity index (χ2n) is 4.36. The molecule has 0 saturated carbocycles. The van der Waals surface area contributed by atoms with Gasteiger partial charge in [0.05, 0.1) is 23.1 Å². The Kier molecular flexibility index (Phi) is 3.32. The number of carbonyl (C=O) groups excluding carboxylic acids is 2. The first-order chi connectivity index (χ1) is 8.85. The second-order valence-corrected chi connectivity index (χ2v) is 6.11. The van der Waals surface area contributed by atoms with Crippen LogP contribution in [0.1, 0.15) is 34.1 Å². The van der Waals surface area contributed by atoms with E-state index in [1.807, 2.05) is 6.92 Å². The lowest BCUT2D eigenvalue weighted by molar-refractivity contribution is 0.0654. The Balaban J connectivity index is 2.51. The van der Waals surface area contributed by atoms with Gasteiger partial charge in [-0.3, -0.25) is 19.2 Å². The van der Waals surface area contributed by atoms with E-state index in [1.165, 1.54) is 12.1 Å². The first kappa shape index (κ1) is 13.5. The number of nitrogens with zero attached hydrogens (tertiary/aromatic N) is 1. The Bertz CT molecular complexity index is 652. The maximum Gasteiger partial charge on any atom is 0.263 e. The fraction of sp³-hybridized carbons (Fsp3) is 0.333. The number of anilines is 1. The molecule has 7 heteroatoms. The second kappa shape index (κ2) is 4.65. The van der Waals surface area contributed by atoms with Gasteiger partial charge < -0.3 is 0 Å². The molecule has 1 aromatic carbocycles. The van der Waals surface area contributed by atoms with Gasteiger partial charge in [-0.2, -0.15) is 0 Å². The van der Waals surface area contributed by atoms with Crippen LogP contribution in [0.4, 0.5) is 5.69 Å². The molecule has 0 aromatic heterocycles. The van der Waals surface area contributed by atoms with Gasteiger partial charge in [-0.25, -0.2) is 8.42 Å². The van der Waals surface area contributed by atoms with E-state index in [4.69, 9.17) is 0 Å². The van der Waals surface area contributed by atoms with Crippen LogP contribution in [-0.4, -0.2) is 37.9 Å². The molecule has 6 nitrogen and oxygen atoms in total. The van der Waals surface area contributed by atoms with Gasteiger partial charge in [0.15, 0.2) is 0 Å². The number of nitrogens with one attached hydrogen (secondary N) is 1. The van der Waals surface area contributed by atoms with Crippen molar-refractivity contribution in [3.63, 3.8) is 0 Å². The van der Waals surface area contributed by atoms with E-state index in [-0.39, 0.29) is 22.7 Å². The van der Waals surface area contributed by atoms with Crippen LogP contribution in [0.25, 0.3) is 0 Å². The number of sulfonamides is 1. The van der Waals surface area contributed by atoms with Crippen molar-refractivity contribution in [3.05, 3.63) is 29.3 Å². The molecule has 0 fully saturated rings. The molecule has 1 heterocycles. The molecule has 1 aliphatic rings. The molecule has 0 spiro atoms. The number of rotatable bonds is 4. The van der Waals surface area contributed by atoms with E-state index >= 15 is 0 Å². The third-order valence-electron chi connectivity index (χ3n) is 2.74. The molecule has 0 aliphatic carbocycles. The minimum Gasteiger partial charge on any atom is -0.283 e. The summed E-state index contributed by atoms with van der Waals surface area (Å²) in [6.07, 6.45) is 1.65. The molecule has 102 valence electrons. The van der Waals surface area contributed by atoms with E-state index in [0.717, 1.165) is 11.2 Å². The van der Waals surface area contributed by atoms with Gasteiger partial charge in [-0.1, -0.05) is 13.0 Å². The van der Waals surface area contributed by atoms with Crippen LogP contribution in [0, 0.1) is 0 Å². The fourth-order valence-corrected chi connectivity index (χ4v) is 2.61. The number of amides is 2. The molecule has 2 amide bonds. The van der Waals surface area contributed by atoms with Crippen molar-refractivity contribution in [2.24, 2.45) is 0 Å². The normalized spacial score (nSPS) is 14.7. The summed E-state index contributed by atoms with van der Waals surface area (Å²) in [5, 5.41) is 0. The van der Waals surface area contributed by atoms with Crippen LogP contribution < -0.4 is 4.72 Å². The topological polar surface area (TPSA) is 83.6 Å². The Morgan fingerprint density at radius 2 is 1.89 bits per heavy atom. The third-order valence-corrected chi connectivity index (χ3v) is 3.33. The van der Waals surface area contributed by atoms with Gasteiger partial charge in [-0.15, -0.1) is 0 Å². The van der Waals surface area contributed by atoms with Crippen molar-refractivity contribution in [1.82, 2.24) is 4.90 Å². The average Bonchev–Trinajstić information content (AvgIpc) is 2.54. The number of hydrogen-bond donors (Lipinski definition) is 1. The van der Waals surface area contributed by atoms with Crippen molar-refractivity contribution < 1.29 is 18.0 Å². The molecule has 1 N–H and O–H groups in total. The third kappa shape index (κ3) is 2.46. The minimum atomic E-state index is -3.50. The summed E-state index contributed by atoms with van der Waals surface area (Å²) in [4.78, 5) is 25.4. The van der Waals surface area contributed by atoms with Crippen LogP contribution in [0.5, 0.6) is 0 Å². The maximum atomic E-state index is 12.2. The highest BCUT2D eigenvalue weighted by molar-refractivity contribution is 7.92. The van der Waals surface area contributed by atoms with Gasteiger partial charge in [0.2, 0.25) is 10.0 Å². The Labute approximate surface area is 111 Å². The molecule has 0 atom stereocenters. The SMILES string of the molecule is CCCN1C(=O)c2cccc(NS(C)(=O)=O)c2C1=O.